The van der Waals surface area contributed by atoms with Gasteiger partial charge in [0.25, 0.3) is 0 Å². The van der Waals surface area contributed by atoms with Crippen molar-refractivity contribution in [2.45, 2.75) is 20.3 Å². The first-order valence-electron chi connectivity index (χ1n) is 8.61. The number of benzene rings is 1. The summed E-state index contributed by atoms with van der Waals surface area (Å²) in [6.45, 7) is 5.76. The summed E-state index contributed by atoms with van der Waals surface area (Å²) in [7, 11) is 0. The van der Waals surface area contributed by atoms with Gasteiger partial charge < -0.3 is 10.1 Å². The lowest BCUT2D eigenvalue weighted by atomic mass is 10.1. The van der Waals surface area contributed by atoms with Gasteiger partial charge in [0.1, 0.15) is 0 Å². The van der Waals surface area contributed by atoms with Crippen LogP contribution in [0.15, 0.2) is 36.7 Å². The van der Waals surface area contributed by atoms with Gasteiger partial charge >= 0.3 is 6.03 Å². The van der Waals surface area contributed by atoms with E-state index in [1.54, 1.807) is 0 Å². The van der Waals surface area contributed by atoms with Crippen LogP contribution in [0.3, 0.4) is 0 Å². The molecule has 0 saturated heterocycles. The molecule has 2 N–H and O–H groups in total. The zero-order chi connectivity index (χ0) is 18.4. The number of rotatable bonds is 7. The van der Waals surface area contributed by atoms with Gasteiger partial charge in [-0.25, -0.2) is 9.78 Å². The third-order valence-corrected chi connectivity index (χ3v) is 4.63. The van der Waals surface area contributed by atoms with Crippen molar-refractivity contribution in [2.75, 3.05) is 25.1 Å². The molecule has 0 aliphatic carbocycles. The summed E-state index contributed by atoms with van der Waals surface area (Å²) in [4.78, 5) is 20.6. The molecule has 3 rings (SSSR count). The van der Waals surface area contributed by atoms with Crippen molar-refractivity contribution in [1.82, 2.24) is 15.3 Å². The fourth-order valence-corrected chi connectivity index (χ4v) is 3.40. The van der Waals surface area contributed by atoms with Crippen molar-refractivity contribution >= 4 is 32.7 Å². The molecule has 2 aromatic heterocycles. The molecule has 0 unspecified atom stereocenters. The molecular weight excluding hydrogens is 348 g/mol. The molecule has 26 heavy (non-hydrogen) atoms. The van der Waals surface area contributed by atoms with Crippen LogP contribution < -0.4 is 10.6 Å². The highest BCUT2D eigenvalue weighted by Crippen LogP contribution is 2.30. The molecule has 0 fully saturated rings. The van der Waals surface area contributed by atoms with Crippen LogP contribution >= 0.6 is 11.3 Å². The molecule has 0 aliphatic heterocycles. The smallest absolute Gasteiger partial charge is 0.321 e. The van der Waals surface area contributed by atoms with Gasteiger partial charge in [-0.2, -0.15) is 0 Å². The number of ether oxygens (including phenoxy) is 1. The Morgan fingerprint density at radius 2 is 2.08 bits per heavy atom. The fourth-order valence-electron chi connectivity index (χ4n) is 2.49. The van der Waals surface area contributed by atoms with Crippen LogP contribution in [0, 0.1) is 6.92 Å². The van der Waals surface area contributed by atoms with Crippen LogP contribution in [0.5, 0.6) is 0 Å². The molecule has 0 aliphatic rings. The van der Waals surface area contributed by atoms with Crippen LogP contribution in [-0.4, -0.2) is 35.8 Å². The van der Waals surface area contributed by atoms with Gasteiger partial charge in [0.05, 0.1) is 16.8 Å². The Bertz CT molecular complexity index is 894. The standard InChI is InChI=1S/C19H22N4O2S/c1-3-7-25-8-6-21-18(24)23-19-22-16-5-4-14(10-17(16)26-19)15-9-13(2)11-20-12-15/h4-5,9-12H,3,6-8H2,1-2H3,(H2,21,22,23,24). The maximum atomic E-state index is 11.9. The van der Waals surface area contributed by atoms with Gasteiger partial charge in [0.2, 0.25) is 0 Å². The number of fused-ring (bicyclic) bond motifs is 1. The van der Waals surface area contributed by atoms with Crippen LogP contribution in [0.1, 0.15) is 18.9 Å². The van der Waals surface area contributed by atoms with Gasteiger partial charge in [-0.1, -0.05) is 24.3 Å². The van der Waals surface area contributed by atoms with Crippen LogP contribution in [-0.2, 0) is 4.74 Å². The van der Waals surface area contributed by atoms with Crippen LogP contribution in [0.4, 0.5) is 9.93 Å². The van der Waals surface area contributed by atoms with E-state index in [1.807, 2.05) is 38.4 Å². The Balaban J connectivity index is 1.65. The van der Waals surface area contributed by atoms with Crippen molar-refractivity contribution in [2.24, 2.45) is 0 Å². The van der Waals surface area contributed by atoms with Gasteiger partial charge in [-0.15, -0.1) is 0 Å². The number of thiazole rings is 1. The van der Waals surface area contributed by atoms with E-state index < -0.39 is 0 Å². The Morgan fingerprint density at radius 3 is 2.88 bits per heavy atom. The van der Waals surface area contributed by atoms with Crippen molar-refractivity contribution in [3.8, 4) is 11.1 Å². The Kier molecular flexibility index (Phi) is 6.14. The first-order chi connectivity index (χ1) is 12.7. The number of urea groups is 1. The largest absolute Gasteiger partial charge is 0.380 e. The number of hydrogen-bond acceptors (Lipinski definition) is 5. The van der Waals surface area contributed by atoms with E-state index in [4.69, 9.17) is 4.74 Å². The first-order valence-corrected chi connectivity index (χ1v) is 9.42. The van der Waals surface area contributed by atoms with Crippen molar-refractivity contribution in [1.29, 1.82) is 0 Å². The minimum atomic E-state index is -0.271. The van der Waals surface area contributed by atoms with Crippen molar-refractivity contribution in [3.05, 3.63) is 42.2 Å². The molecule has 6 nitrogen and oxygen atoms in total. The maximum Gasteiger partial charge on any atom is 0.321 e. The maximum absolute atomic E-state index is 11.9. The molecule has 0 atom stereocenters. The number of nitrogens with zero attached hydrogens (tertiary/aromatic N) is 2. The second-order valence-electron chi connectivity index (χ2n) is 5.95. The van der Waals surface area contributed by atoms with E-state index in [9.17, 15) is 4.79 Å². The number of aryl methyl sites for hydroxylation is 1. The molecule has 0 radical (unpaired) electrons. The summed E-state index contributed by atoms with van der Waals surface area (Å²) in [6.07, 6.45) is 4.66. The zero-order valence-corrected chi connectivity index (χ0v) is 15.7. The molecule has 0 saturated carbocycles. The Labute approximate surface area is 156 Å². The molecule has 7 heteroatoms. The summed E-state index contributed by atoms with van der Waals surface area (Å²) in [5.41, 5.74) is 4.14. The third kappa shape index (κ3) is 4.77. The van der Waals surface area contributed by atoms with E-state index in [-0.39, 0.29) is 6.03 Å². The highest BCUT2D eigenvalue weighted by Gasteiger charge is 2.09. The lowest BCUT2D eigenvalue weighted by molar-refractivity contribution is 0.137. The monoisotopic (exact) mass is 370 g/mol. The second kappa shape index (κ2) is 8.73. The zero-order valence-electron chi connectivity index (χ0n) is 14.9. The minimum absolute atomic E-state index is 0.271. The molecular formula is C19H22N4O2S. The molecule has 2 heterocycles. The summed E-state index contributed by atoms with van der Waals surface area (Å²) in [5.74, 6) is 0. The molecule has 0 spiro atoms. The first kappa shape index (κ1) is 18.3. The van der Waals surface area contributed by atoms with Crippen LogP contribution in [0.2, 0.25) is 0 Å². The number of pyridine rings is 1. The quantitative estimate of drug-likeness (QED) is 0.611. The van der Waals surface area contributed by atoms with Gasteiger partial charge in [0, 0.05) is 31.1 Å². The number of nitrogens with one attached hydrogen (secondary N) is 2. The number of aromatic nitrogens is 2. The molecule has 136 valence electrons. The van der Waals surface area contributed by atoms with Crippen molar-refractivity contribution in [3.63, 3.8) is 0 Å². The number of amides is 2. The lowest BCUT2D eigenvalue weighted by Gasteiger charge is -2.05. The Hall–Kier alpha value is -2.51. The number of carbonyl (C=O) groups excluding carboxylic acids is 1. The number of anilines is 1. The van der Waals surface area contributed by atoms with E-state index in [2.05, 4.69) is 32.7 Å². The normalized spacial score (nSPS) is 10.8. The van der Waals surface area contributed by atoms with E-state index in [0.717, 1.165) is 33.3 Å². The van der Waals surface area contributed by atoms with E-state index >= 15 is 0 Å². The molecule has 1 aromatic carbocycles. The average molecular weight is 370 g/mol. The fraction of sp³-hybridized carbons (Fsp3) is 0.316. The highest BCUT2D eigenvalue weighted by atomic mass is 32.1. The molecule has 0 bridgehead atoms. The summed E-state index contributed by atoms with van der Waals surface area (Å²) < 4.78 is 6.35. The van der Waals surface area contributed by atoms with Gasteiger partial charge in [0.15, 0.2) is 5.13 Å². The minimum Gasteiger partial charge on any atom is -0.380 e. The summed E-state index contributed by atoms with van der Waals surface area (Å²) in [5, 5.41) is 6.12. The summed E-state index contributed by atoms with van der Waals surface area (Å²) >= 11 is 1.45. The lowest BCUT2D eigenvalue weighted by Crippen LogP contribution is -2.31. The number of carbonyl (C=O) groups is 1. The predicted octanol–water partition coefficient (Wildman–Crippen LogP) is 4.21. The van der Waals surface area contributed by atoms with Crippen LogP contribution in [0.25, 0.3) is 21.3 Å². The Morgan fingerprint density at radius 1 is 1.19 bits per heavy atom. The average Bonchev–Trinajstić information content (AvgIpc) is 3.02. The summed E-state index contributed by atoms with van der Waals surface area (Å²) in [6, 6.07) is 7.89. The topological polar surface area (TPSA) is 76.1 Å². The van der Waals surface area contributed by atoms with E-state index in [1.165, 1.54) is 11.3 Å². The predicted molar refractivity (Wildman–Crippen MR) is 106 cm³/mol. The third-order valence-electron chi connectivity index (χ3n) is 3.70. The van der Waals surface area contributed by atoms with Gasteiger partial charge in [-0.3, -0.25) is 10.3 Å². The second-order valence-corrected chi connectivity index (χ2v) is 6.98. The van der Waals surface area contributed by atoms with Gasteiger partial charge in [-0.05, 0) is 42.7 Å². The molecule has 3 aromatic rings. The SMILES string of the molecule is CCCOCCNC(=O)Nc1nc2ccc(-c3cncc(C)c3)cc2s1. The van der Waals surface area contributed by atoms with E-state index in [0.29, 0.717) is 24.9 Å². The highest BCUT2D eigenvalue weighted by molar-refractivity contribution is 7.22. The molecule has 2 amide bonds. The van der Waals surface area contributed by atoms with Crippen molar-refractivity contribution < 1.29 is 9.53 Å². The number of hydrogen-bond donors (Lipinski definition) is 2.